The number of anilines is 1. The molecule has 0 saturated carbocycles. The Morgan fingerprint density at radius 3 is 2.50 bits per heavy atom. The van der Waals surface area contributed by atoms with Gasteiger partial charge in [0.1, 0.15) is 5.60 Å². The smallest absolute Gasteiger partial charge is 0.410 e. The van der Waals surface area contributed by atoms with Crippen LogP contribution < -0.4 is 4.90 Å². The van der Waals surface area contributed by atoms with Crippen molar-refractivity contribution in [3.8, 4) is 0 Å². The Labute approximate surface area is 142 Å². The van der Waals surface area contributed by atoms with Crippen LogP contribution in [0, 0.1) is 10.1 Å². The van der Waals surface area contributed by atoms with Gasteiger partial charge in [0.25, 0.3) is 5.69 Å². The molecular formula is C17H25N3O4. The molecule has 0 spiro atoms. The Balaban J connectivity index is 1.95. The lowest BCUT2D eigenvalue weighted by Gasteiger charge is -2.38. The van der Waals surface area contributed by atoms with Crippen LogP contribution in [0.2, 0.25) is 0 Å². The monoisotopic (exact) mass is 335 g/mol. The summed E-state index contributed by atoms with van der Waals surface area (Å²) < 4.78 is 5.40. The Morgan fingerprint density at radius 2 is 1.96 bits per heavy atom. The fourth-order valence-corrected chi connectivity index (χ4v) is 2.80. The summed E-state index contributed by atoms with van der Waals surface area (Å²) in [6.07, 6.45) is 1.33. The molecule has 0 atom stereocenters. The second kappa shape index (κ2) is 7.07. The van der Waals surface area contributed by atoms with Gasteiger partial charge in [-0.1, -0.05) is 6.07 Å². The number of ether oxygens (including phenoxy) is 1. The summed E-state index contributed by atoms with van der Waals surface area (Å²) in [5.41, 5.74) is 0.415. The molecule has 1 aliphatic rings. The van der Waals surface area contributed by atoms with Crippen molar-refractivity contribution in [1.82, 2.24) is 4.90 Å². The van der Waals surface area contributed by atoms with Gasteiger partial charge in [0.2, 0.25) is 0 Å². The molecule has 7 heteroatoms. The number of piperidine rings is 1. The van der Waals surface area contributed by atoms with Crippen molar-refractivity contribution < 1.29 is 14.5 Å². The van der Waals surface area contributed by atoms with E-state index in [2.05, 4.69) is 4.90 Å². The lowest BCUT2D eigenvalue weighted by molar-refractivity contribution is -0.384. The first kappa shape index (κ1) is 18.0. The zero-order valence-electron chi connectivity index (χ0n) is 14.7. The summed E-state index contributed by atoms with van der Waals surface area (Å²) in [4.78, 5) is 26.4. The van der Waals surface area contributed by atoms with Crippen LogP contribution in [0.25, 0.3) is 0 Å². The molecule has 1 heterocycles. The molecule has 0 aromatic heterocycles. The number of nitro benzene ring substituents is 1. The van der Waals surface area contributed by atoms with Gasteiger partial charge in [0.05, 0.1) is 4.92 Å². The van der Waals surface area contributed by atoms with E-state index in [0.717, 1.165) is 18.5 Å². The van der Waals surface area contributed by atoms with Crippen molar-refractivity contribution in [2.75, 3.05) is 25.0 Å². The highest BCUT2D eigenvalue weighted by Crippen LogP contribution is 2.26. The number of rotatable bonds is 3. The molecule has 1 aliphatic heterocycles. The summed E-state index contributed by atoms with van der Waals surface area (Å²) >= 11 is 0. The first-order valence-electron chi connectivity index (χ1n) is 8.12. The normalized spacial score (nSPS) is 15.9. The molecule has 1 aromatic carbocycles. The average Bonchev–Trinajstić information content (AvgIpc) is 2.53. The number of nitrogens with zero attached hydrogens (tertiary/aromatic N) is 3. The molecule has 1 saturated heterocycles. The van der Waals surface area contributed by atoms with Crippen LogP contribution in [-0.4, -0.2) is 47.7 Å². The largest absolute Gasteiger partial charge is 0.444 e. The molecule has 1 fully saturated rings. The first-order valence-corrected chi connectivity index (χ1v) is 8.12. The fourth-order valence-electron chi connectivity index (χ4n) is 2.80. The molecule has 1 aromatic rings. The second-order valence-electron chi connectivity index (χ2n) is 7.09. The maximum atomic E-state index is 12.1. The molecule has 0 N–H and O–H groups in total. The van der Waals surface area contributed by atoms with Crippen molar-refractivity contribution in [3.05, 3.63) is 34.4 Å². The van der Waals surface area contributed by atoms with Gasteiger partial charge in [-0.25, -0.2) is 4.79 Å². The van der Waals surface area contributed by atoms with Crippen LogP contribution in [0.4, 0.5) is 16.2 Å². The van der Waals surface area contributed by atoms with Gasteiger partial charge in [-0.3, -0.25) is 10.1 Å². The van der Waals surface area contributed by atoms with Crippen LogP contribution in [0.5, 0.6) is 0 Å². The number of likely N-dealkylation sites (tertiary alicyclic amines) is 1. The standard InChI is InChI=1S/C17H25N3O4/c1-17(2,3)24-16(21)19-10-8-13(9-11-19)18(4)14-6-5-7-15(12-14)20(22)23/h5-7,12-13H,8-11H2,1-4H3. The minimum Gasteiger partial charge on any atom is -0.444 e. The third-order valence-corrected chi connectivity index (χ3v) is 4.11. The molecule has 0 unspecified atom stereocenters. The minimum absolute atomic E-state index is 0.0885. The summed E-state index contributed by atoms with van der Waals surface area (Å²) in [5.74, 6) is 0. The Kier molecular flexibility index (Phi) is 5.31. The number of hydrogen-bond acceptors (Lipinski definition) is 5. The summed E-state index contributed by atoms with van der Waals surface area (Å²) in [6.45, 7) is 6.81. The number of non-ortho nitro benzene ring substituents is 1. The molecule has 132 valence electrons. The van der Waals surface area contributed by atoms with Crippen LogP contribution in [0.1, 0.15) is 33.6 Å². The van der Waals surface area contributed by atoms with E-state index < -0.39 is 5.60 Å². The van der Waals surface area contributed by atoms with Crippen molar-refractivity contribution >= 4 is 17.5 Å². The molecule has 0 radical (unpaired) electrons. The third-order valence-electron chi connectivity index (χ3n) is 4.11. The maximum Gasteiger partial charge on any atom is 0.410 e. The number of carbonyl (C=O) groups excluding carboxylic acids is 1. The van der Waals surface area contributed by atoms with E-state index in [0.29, 0.717) is 13.1 Å². The van der Waals surface area contributed by atoms with E-state index in [4.69, 9.17) is 4.74 Å². The fraction of sp³-hybridized carbons (Fsp3) is 0.588. The summed E-state index contributed by atoms with van der Waals surface area (Å²) in [5, 5.41) is 10.9. The van der Waals surface area contributed by atoms with Gasteiger partial charge in [0.15, 0.2) is 0 Å². The predicted molar refractivity (Wildman–Crippen MR) is 92.3 cm³/mol. The molecule has 0 aliphatic carbocycles. The Morgan fingerprint density at radius 1 is 1.33 bits per heavy atom. The predicted octanol–water partition coefficient (Wildman–Crippen LogP) is 3.43. The number of benzene rings is 1. The SMILES string of the molecule is CN(c1cccc([N+](=O)[O-])c1)C1CCN(C(=O)OC(C)(C)C)CC1. The highest BCUT2D eigenvalue weighted by Gasteiger charge is 2.28. The molecule has 1 amide bonds. The first-order chi connectivity index (χ1) is 11.2. The van der Waals surface area contributed by atoms with Crippen LogP contribution >= 0.6 is 0 Å². The summed E-state index contributed by atoms with van der Waals surface area (Å²) in [6, 6.07) is 6.88. The van der Waals surface area contributed by atoms with Gasteiger partial charge < -0.3 is 14.5 Å². The lowest BCUT2D eigenvalue weighted by atomic mass is 10.0. The van der Waals surface area contributed by atoms with E-state index in [1.165, 1.54) is 6.07 Å². The van der Waals surface area contributed by atoms with E-state index in [1.54, 1.807) is 17.0 Å². The van der Waals surface area contributed by atoms with Gasteiger partial charge >= 0.3 is 6.09 Å². The average molecular weight is 335 g/mol. The maximum absolute atomic E-state index is 12.1. The van der Waals surface area contributed by atoms with Crippen molar-refractivity contribution in [2.45, 2.75) is 45.3 Å². The molecule has 2 rings (SSSR count). The lowest BCUT2D eigenvalue weighted by Crippen LogP contribution is -2.47. The molecule has 7 nitrogen and oxygen atoms in total. The zero-order valence-corrected chi connectivity index (χ0v) is 14.7. The topological polar surface area (TPSA) is 75.9 Å². The van der Waals surface area contributed by atoms with E-state index in [1.807, 2.05) is 33.9 Å². The van der Waals surface area contributed by atoms with Gasteiger partial charge in [-0.05, 0) is 39.7 Å². The van der Waals surface area contributed by atoms with Crippen LogP contribution in [-0.2, 0) is 4.74 Å². The number of nitro groups is 1. The molecule has 24 heavy (non-hydrogen) atoms. The van der Waals surface area contributed by atoms with Crippen molar-refractivity contribution in [3.63, 3.8) is 0 Å². The second-order valence-corrected chi connectivity index (χ2v) is 7.09. The third kappa shape index (κ3) is 4.59. The highest BCUT2D eigenvalue weighted by molar-refractivity contribution is 5.68. The zero-order chi connectivity index (χ0) is 17.9. The van der Waals surface area contributed by atoms with Crippen molar-refractivity contribution in [2.24, 2.45) is 0 Å². The van der Waals surface area contributed by atoms with Crippen LogP contribution in [0.3, 0.4) is 0 Å². The Hall–Kier alpha value is -2.31. The molecule has 0 bridgehead atoms. The van der Waals surface area contributed by atoms with Gasteiger partial charge in [-0.2, -0.15) is 0 Å². The number of hydrogen-bond donors (Lipinski definition) is 0. The van der Waals surface area contributed by atoms with Crippen molar-refractivity contribution in [1.29, 1.82) is 0 Å². The van der Waals surface area contributed by atoms with E-state index in [-0.39, 0.29) is 22.7 Å². The van der Waals surface area contributed by atoms with E-state index >= 15 is 0 Å². The minimum atomic E-state index is -0.492. The Bertz CT molecular complexity index is 604. The molecular weight excluding hydrogens is 310 g/mol. The van der Waals surface area contributed by atoms with Gasteiger partial charge in [-0.15, -0.1) is 0 Å². The van der Waals surface area contributed by atoms with Crippen LogP contribution in [0.15, 0.2) is 24.3 Å². The number of carbonyl (C=O) groups is 1. The summed E-state index contributed by atoms with van der Waals surface area (Å²) in [7, 11) is 1.94. The number of amides is 1. The van der Waals surface area contributed by atoms with E-state index in [9.17, 15) is 14.9 Å². The van der Waals surface area contributed by atoms with Gasteiger partial charge in [0, 0.05) is 44.0 Å². The quantitative estimate of drug-likeness (QED) is 0.625. The highest BCUT2D eigenvalue weighted by atomic mass is 16.6.